The van der Waals surface area contributed by atoms with Crippen LogP contribution in [0.3, 0.4) is 0 Å². The van der Waals surface area contributed by atoms with Crippen LogP contribution in [0.15, 0.2) is 132 Å². The number of furan rings is 1. The molecule has 0 spiro atoms. The monoisotopic (exact) mass is 564 g/mol. The number of hydrogen-bond donors (Lipinski definition) is 0. The van der Waals surface area contributed by atoms with Crippen molar-refractivity contribution in [2.75, 3.05) is 0 Å². The van der Waals surface area contributed by atoms with Crippen molar-refractivity contribution in [2.24, 2.45) is 0 Å². The average Bonchev–Trinajstić information content (AvgIpc) is 3.45. The van der Waals surface area contributed by atoms with Gasteiger partial charge in [0.05, 0.1) is 0 Å². The van der Waals surface area contributed by atoms with Gasteiger partial charge in [-0.15, -0.1) is 0 Å². The van der Waals surface area contributed by atoms with E-state index in [1.807, 2.05) is 6.08 Å². The Morgan fingerprint density at radius 3 is 2.00 bits per heavy atom. The maximum atomic E-state index is 6.46. The lowest BCUT2D eigenvalue weighted by molar-refractivity contribution is 0.672. The van der Waals surface area contributed by atoms with E-state index in [0.29, 0.717) is 0 Å². The molecular formula is C43H32O. The van der Waals surface area contributed by atoms with Gasteiger partial charge < -0.3 is 4.42 Å². The maximum absolute atomic E-state index is 6.46. The first-order valence-corrected chi connectivity index (χ1v) is 15.2. The smallest absolute Gasteiger partial charge is 0.143 e. The first-order chi connectivity index (χ1) is 21.5. The van der Waals surface area contributed by atoms with Crippen molar-refractivity contribution in [2.45, 2.75) is 20.8 Å². The Morgan fingerprint density at radius 1 is 0.523 bits per heavy atom. The van der Waals surface area contributed by atoms with Crippen LogP contribution in [0, 0.1) is 20.8 Å². The van der Waals surface area contributed by atoms with Gasteiger partial charge in [0, 0.05) is 16.2 Å². The fourth-order valence-electron chi connectivity index (χ4n) is 7.13. The normalized spacial score (nSPS) is 11.6. The molecule has 44 heavy (non-hydrogen) atoms. The van der Waals surface area contributed by atoms with Gasteiger partial charge in [0.2, 0.25) is 0 Å². The Bertz CT molecular complexity index is 2420. The molecule has 1 heteroatoms. The third-order valence-electron chi connectivity index (χ3n) is 9.44. The lowest BCUT2D eigenvalue weighted by atomic mass is 9.80. The highest BCUT2D eigenvalue weighted by atomic mass is 16.3. The van der Waals surface area contributed by atoms with Gasteiger partial charge in [0.1, 0.15) is 11.2 Å². The maximum Gasteiger partial charge on any atom is 0.143 e. The molecule has 0 aliphatic rings. The third kappa shape index (κ3) is 3.86. The zero-order valence-electron chi connectivity index (χ0n) is 25.2. The summed E-state index contributed by atoms with van der Waals surface area (Å²) < 4.78 is 6.46. The molecule has 0 N–H and O–H groups in total. The van der Waals surface area contributed by atoms with Crippen LogP contribution in [-0.4, -0.2) is 0 Å². The molecule has 0 fully saturated rings. The van der Waals surface area contributed by atoms with E-state index < -0.39 is 0 Å². The SMILES string of the molecule is C=Cc1c(C)c(-c2c(-c3ccccc3)ccc(C)c2C)c2ccccc2c1-c1ccc2oc3c4ccccc4ccc3c2c1. The second kappa shape index (κ2) is 10.1. The first kappa shape index (κ1) is 26.2. The van der Waals surface area contributed by atoms with Crippen molar-refractivity contribution in [1.29, 1.82) is 0 Å². The van der Waals surface area contributed by atoms with Crippen LogP contribution in [-0.2, 0) is 0 Å². The number of benzene rings is 7. The van der Waals surface area contributed by atoms with Gasteiger partial charge >= 0.3 is 0 Å². The quantitative estimate of drug-likeness (QED) is 0.207. The van der Waals surface area contributed by atoms with Crippen molar-refractivity contribution in [3.8, 4) is 33.4 Å². The Kier molecular flexibility index (Phi) is 6.03. The largest absolute Gasteiger partial charge is 0.455 e. The van der Waals surface area contributed by atoms with Gasteiger partial charge in [0.15, 0.2) is 0 Å². The Balaban J connectivity index is 1.44. The molecule has 7 aromatic carbocycles. The molecule has 0 amide bonds. The molecule has 0 radical (unpaired) electrons. The number of fused-ring (bicyclic) bond motifs is 6. The molecule has 0 atom stereocenters. The molecule has 1 aromatic heterocycles. The summed E-state index contributed by atoms with van der Waals surface area (Å²) in [5, 5.41) is 7.07. The molecule has 0 bridgehead atoms. The summed E-state index contributed by atoms with van der Waals surface area (Å²) in [5.74, 6) is 0. The summed E-state index contributed by atoms with van der Waals surface area (Å²) in [5.41, 5.74) is 14.3. The van der Waals surface area contributed by atoms with E-state index in [-0.39, 0.29) is 0 Å². The summed E-state index contributed by atoms with van der Waals surface area (Å²) in [6, 6.07) is 43.6. The summed E-state index contributed by atoms with van der Waals surface area (Å²) in [4.78, 5) is 0. The molecule has 0 saturated heterocycles. The van der Waals surface area contributed by atoms with E-state index in [9.17, 15) is 0 Å². The highest BCUT2D eigenvalue weighted by Crippen LogP contribution is 2.47. The van der Waals surface area contributed by atoms with Gasteiger partial charge in [-0.1, -0.05) is 116 Å². The predicted octanol–water partition coefficient (Wildman–Crippen LogP) is 12.5. The second-order valence-electron chi connectivity index (χ2n) is 11.8. The van der Waals surface area contributed by atoms with Gasteiger partial charge in [-0.3, -0.25) is 0 Å². The minimum absolute atomic E-state index is 0.904. The highest BCUT2D eigenvalue weighted by Gasteiger charge is 2.22. The minimum atomic E-state index is 0.904. The second-order valence-corrected chi connectivity index (χ2v) is 11.8. The van der Waals surface area contributed by atoms with E-state index in [1.54, 1.807) is 0 Å². The van der Waals surface area contributed by atoms with Gasteiger partial charge in [-0.05, 0) is 111 Å². The van der Waals surface area contributed by atoms with E-state index in [1.165, 1.54) is 66.2 Å². The lowest BCUT2D eigenvalue weighted by Gasteiger charge is -2.23. The van der Waals surface area contributed by atoms with Crippen LogP contribution in [0.1, 0.15) is 22.3 Å². The van der Waals surface area contributed by atoms with E-state index >= 15 is 0 Å². The molecule has 0 aliphatic carbocycles. The first-order valence-electron chi connectivity index (χ1n) is 15.2. The lowest BCUT2D eigenvalue weighted by Crippen LogP contribution is -1.99. The topological polar surface area (TPSA) is 13.1 Å². The molecule has 1 nitrogen and oxygen atoms in total. The van der Waals surface area contributed by atoms with Gasteiger partial charge in [-0.2, -0.15) is 0 Å². The molecule has 0 aliphatic heterocycles. The summed E-state index contributed by atoms with van der Waals surface area (Å²) >= 11 is 0. The van der Waals surface area contributed by atoms with Crippen molar-refractivity contribution in [3.63, 3.8) is 0 Å². The van der Waals surface area contributed by atoms with Gasteiger partial charge in [-0.25, -0.2) is 0 Å². The van der Waals surface area contributed by atoms with Crippen molar-refractivity contribution >= 4 is 49.6 Å². The fourth-order valence-corrected chi connectivity index (χ4v) is 7.13. The molecule has 1 heterocycles. The van der Waals surface area contributed by atoms with E-state index in [2.05, 4.69) is 149 Å². The molecule has 8 rings (SSSR count). The number of hydrogen-bond acceptors (Lipinski definition) is 1. The van der Waals surface area contributed by atoms with Gasteiger partial charge in [0.25, 0.3) is 0 Å². The van der Waals surface area contributed by atoms with Crippen LogP contribution in [0.25, 0.3) is 82.9 Å². The van der Waals surface area contributed by atoms with Crippen LogP contribution >= 0.6 is 0 Å². The van der Waals surface area contributed by atoms with Crippen molar-refractivity contribution in [3.05, 3.63) is 150 Å². The Labute approximate surface area is 257 Å². The summed E-state index contributed by atoms with van der Waals surface area (Å²) in [7, 11) is 0. The zero-order chi connectivity index (χ0) is 29.9. The highest BCUT2D eigenvalue weighted by molar-refractivity contribution is 6.17. The standard InChI is InChI=1S/C43H32O/c1-5-32-28(4)41(40-27(3)26(2)19-22-33(40)29-13-7-6-8-14-29)35-17-11-12-18-36(35)42(32)31-21-24-39-38(25-31)37-23-20-30-15-9-10-16-34(30)43(37)44-39/h5-25H,1H2,2-4H3. The fraction of sp³-hybridized carbons (Fsp3) is 0.0698. The molecule has 210 valence electrons. The Morgan fingerprint density at radius 2 is 1.23 bits per heavy atom. The predicted molar refractivity (Wildman–Crippen MR) is 189 cm³/mol. The van der Waals surface area contributed by atoms with Crippen molar-refractivity contribution in [1.82, 2.24) is 0 Å². The summed E-state index contributed by atoms with van der Waals surface area (Å²) in [6.07, 6.45) is 2.04. The van der Waals surface area contributed by atoms with Crippen LogP contribution in [0.2, 0.25) is 0 Å². The number of rotatable bonds is 4. The van der Waals surface area contributed by atoms with Crippen molar-refractivity contribution < 1.29 is 4.42 Å². The van der Waals surface area contributed by atoms with Crippen LogP contribution in [0.5, 0.6) is 0 Å². The molecule has 0 unspecified atom stereocenters. The number of aryl methyl sites for hydroxylation is 1. The van der Waals surface area contributed by atoms with E-state index in [0.717, 1.165) is 32.9 Å². The minimum Gasteiger partial charge on any atom is -0.455 e. The summed E-state index contributed by atoms with van der Waals surface area (Å²) in [6.45, 7) is 11.1. The Hall–Kier alpha value is -5.40. The van der Waals surface area contributed by atoms with Crippen LogP contribution < -0.4 is 0 Å². The van der Waals surface area contributed by atoms with Crippen LogP contribution in [0.4, 0.5) is 0 Å². The molecule has 8 aromatic rings. The molecular weight excluding hydrogens is 532 g/mol. The van der Waals surface area contributed by atoms with E-state index in [4.69, 9.17) is 4.42 Å². The molecule has 0 saturated carbocycles. The zero-order valence-corrected chi connectivity index (χ0v) is 25.2. The third-order valence-corrected chi connectivity index (χ3v) is 9.44. The average molecular weight is 565 g/mol.